The molecular formula is C13H17ClO3. The predicted octanol–water partition coefficient (Wildman–Crippen LogP) is 2.54. The summed E-state index contributed by atoms with van der Waals surface area (Å²) in [7, 11) is 0. The van der Waals surface area contributed by atoms with E-state index in [-0.39, 0.29) is 0 Å². The van der Waals surface area contributed by atoms with E-state index >= 15 is 0 Å². The van der Waals surface area contributed by atoms with Crippen LogP contribution in [-0.4, -0.2) is 22.1 Å². The van der Waals surface area contributed by atoms with Crippen LogP contribution >= 0.6 is 11.6 Å². The number of halogens is 1. The van der Waals surface area contributed by atoms with Crippen molar-refractivity contribution in [3.63, 3.8) is 0 Å². The number of carboxylic acid groups (broad SMARTS) is 1. The standard InChI is InChI=1S/C13H17ClO3/c1-2-9-5-3-6-11(12(15)13(16)17)10(9)7-4-8-14/h3,5-6,12,15H,2,4,7-8H2,1H3,(H,16,17). The fourth-order valence-corrected chi connectivity index (χ4v) is 2.06. The van der Waals surface area contributed by atoms with Gasteiger partial charge in [0, 0.05) is 5.88 Å². The van der Waals surface area contributed by atoms with Gasteiger partial charge in [0.25, 0.3) is 0 Å². The van der Waals surface area contributed by atoms with Gasteiger partial charge in [-0.1, -0.05) is 25.1 Å². The van der Waals surface area contributed by atoms with Crippen molar-refractivity contribution >= 4 is 17.6 Å². The summed E-state index contributed by atoms with van der Waals surface area (Å²) in [5.41, 5.74) is 2.49. The highest BCUT2D eigenvalue weighted by Crippen LogP contribution is 2.24. The van der Waals surface area contributed by atoms with E-state index in [0.717, 1.165) is 24.0 Å². The highest BCUT2D eigenvalue weighted by molar-refractivity contribution is 6.17. The Hall–Kier alpha value is -1.06. The van der Waals surface area contributed by atoms with Crippen LogP contribution in [0.3, 0.4) is 0 Å². The van der Waals surface area contributed by atoms with Crippen molar-refractivity contribution in [1.29, 1.82) is 0 Å². The number of carbonyl (C=O) groups is 1. The summed E-state index contributed by atoms with van der Waals surface area (Å²) in [5.74, 6) is -0.689. The summed E-state index contributed by atoms with van der Waals surface area (Å²) in [6.07, 6.45) is 0.843. The lowest BCUT2D eigenvalue weighted by molar-refractivity contribution is -0.147. The molecule has 0 aliphatic rings. The molecule has 0 fully saturated rings. The lowest BCUT2D eigenvalue weighted by Gasteiger charge is -2.15. The number of aryl methyl sites for hydroxylation is 1. The SMILES string of the molecule is CCc1cccc(C(O)C(=O)O)c1CCCCl. The van der Waals surface area contributed by atoms with Crippen molar-refractivity contribution in [2.24, 2.45) is 0 Å². The van der Waals surface area contributed by atoms with Crippen LogP contribution < -0.4 is 0 Å². The quantitative estimate of drug-likeness (QED) is 0.769. The molecule has 1 aromatic carbocycles. The second-order valence-electron chi connectivity index (χ2n) is 3.87. The zero-order valence-corrected chi connectivity index (χ0v) is 10.6. The maximum atomic E-state index is 10.8. The van der Waals surface area contributed by atoms with Crippen LogP contribution in [0.15, 0.2) is 18.2 Å². The van der Waals surface area contributed by atoms with Gasteiger partial charge in [0.2, 0.25) is 0 Å². The minimum atomic E-state index is -1.45. The fraction of sp³-hybridized carbons (Fsp3) is 0.462. The van der Waals surface area contributed by atoms with Gasteiger partial charge in [0.05, 0.1) is 0 Å². The molecule has 0 saturated carbocycles. The number of carboxylic acids is 1. The molecule has 0 radical (unpaired) electrons. The van der Waals surface area contributed by atoms with Crippen LogP contribution in [0.25, 0.3) is 0 Å². The molecule has 1 unspecified atom stereocenters. The Morgan fingerprint density at radius 2 is 2.18 bits per heavy atom. The van der Waals surface area contributed by atoms with Crippen molar-refractivity contribution in [3.05, 3.63) is 34.9 Å². The van der Waals surface area contributed by atoms with E-state index in [1.807, 2.05) is 13.0 Å². The first-order valence-electron chi connectivity index (χ1n) is 5.69. The van der Waals surface area contributed by atoms with E-state index in [1.165, 1.54) is 0 Å². The molecule has 4 heteroatoms. The van der Waals surface area contributed by atoms with Crippen LogP contribution in [0.5, 0.6) is 0 Å². The van der Waals surface area contributed by atoms with Crippen LogP contribution in [-0.2, 0) is 17.6 Å². The zero-order valence-electron chi connectivity index (χ0n) is 9.82. The third kappa shape index (κ3) is 3.45. The van der Waals surface area contributed by atoms with Gasteiger partial charge in [-0.3, -0.25) is 0 Å². The Morgan fingerprint density at radius 1 is 1.47 bits per heavy atom. The summed E-state index contributed by atoms with van der Waals surface area (Å²) in [6.45, 7) is 2.01. The summed E-state index contributed by atoms with van der Waals surface area (Å²) in [5, 5.41) is 18.5. The number of benzene rings is 1. The monoisotopic (exact) mass is 256 g/mol. The topological polar surface area (TPSA) is 57.5 Å². The molecule has 1 rings (SSSR count). The second kappa shape index (κ2) is 6.62. The molecular weight excluding hydrogens is 240 g/mol. The summed E-state index contributed by atoms with van der Waals surface area (Å²) in [4.78, 5) is 10.8. The molecule has 0 heterocycles. The molecule has 0 spiro atoms. The van der Waals surface area contributed by atoms with Gasteiger partial charge in [0.15, 0.2) is 6.10 Å². The molecule has 0 bridgehead atoms. The Kier molecular flexibility index (Phi) is 5.45. The second-order valence-corrected chi connectivity index (χ2v) is 4.25. The molecule has 0 amide bonds. The Balaban J connectivity index is 3.13. The fourth-order valence-electron chi connectivity index (χ4n) is 1.92. The van der Waals surface area contributed by atoms with Gasteiger partial charge in [-0.05, 0) is 36.0 Å². The average molecular weight is 257 g/mol. The number of aliphatic hydroxyl groups is 1. The van der Waals surface area contributed by atoms with Crippen LogP contribution in [0.4, 0.5) is 0 Å². The molecule has 0 aliphatic carbocycles. The number of aliphatic carboxylic acids is 1. The Morgan fingerprint density at radius 3 is 2.71 bits per heavy atom. The number of hydrogen-bond donors (Lipinski definition) is 2. The highest BCUT2D eigenvalue weighted by atomic mass is 35.5. The maximum Gasteiger partial charge on any atom is 0.337 e. The van der Waals surface area contributed by atoms with Crippen molar-refractivity contribution in [2.75, 3.05) is 5.88 Å². The summed E-state index contributed by atoms with van der Waals surface area (Å²) in [6, 6.07) is 5.41. The number of alkyl halides is 1. The van der Waals surface area contributed by atoms with E-state index in [1.54, 1.807) is 12.1 Å². The molecule has 0 aromatic heterocycles. The number of hydrogen-bond acceptors (Lipinski definition) is 2. The Bertz CT molecular complexity index is 390. The zero-order chi connectivity index (χ0) is 12.8. The lowest BCUT2D eigenvalue weighted by Crippen LogP contribution is -2.14. The molecule has 2 N–H and O–H groups in total. The number of rotatable bonds is 6. The van der Waals surface area contributed by atoms with Gasteiger partial charge >= 0.3 is 5.97 Å². The first kappa shape index (κ1) is 14.0. The maximum absolute atomic E-state index is 10.8. The molecule has 17 heavy (non-hydrogen) atoms. The van der Waals surface area contributed by atoms with Gasteiger partial charge in [-0.25, -0.2) is 4.79 Å². The smallest absolute Gasteiger partial charge is 0.337 e. The lowest BCUT2D eigenvalue weighted by atomic mass is 9.93. The van der Waals surface area contributed by atoms with Gasteiger partial charge < -0.3 is 10.2 Å². The molecule has 0 saturated heterocycles. The molecule has 0 aliphatic heterocycles. The van der Waals surface area contributed by atoms with Crippen molar-refractivity contribution in [2.45, 2.75) is 32.3 Å². The van der Waals surface area contributed by atoms with Crippen LogP contribution in [0, 0.1) is 0 Å². The minimum absolute atomic E-state index is 0.488. The number of aliphatic hydroxyl groups excluding tert-OH is 1. The molecule has 94 valence electrons. The normalized spacial score (nSPS) is 12.4. The minimum Gasteiger partial charge on any atom is -0.479 e. The predicted molar refractivity (Wildman–Crippen MR) is 67.5 cm³/mol. The van der Waals surface area contributed by atoms with Crippen molar-refractivity contribution in [3.8, 4) is 0 Å². The first-order valence-corrected chi connectivity index (χ1v) is 6.22. The summed E-state index contributed by atoms with van der Waals surface area (Å²) >= 11 is 5.66. The van der Waals surface area contributed by atoms with E-state index in [0.29, 0.717) is 17.9 Å². The van der Waals surface area contributed by atoms with E-state index < -0.39 is 12.1 Å². The van der Waals surface area contributed by atoms with Crippen LogP contribution in [0.1, 0.15) is 36.1 Å². The van der Waals surface area contributed by atoms with E-state index in [9.17, 15) is 9.90 Å². The Labute approximate surface area is 106 Å². The first-order chi connectivity index (χ1) is 8.11. The third-order valence-corrected chi connectivity index (χ3v) is 3.05. The van der Waals surface area contributed by atoms with Gasteiger partial charge in [-0.2, -0.15) is 0 Å². The van der Waals surface area contributed by atoms with E-state index in [4.69, 9.17) is 16.7 Å². The highest BCUT2D eigenvalue weighted by Gasteiger charge is 2.20. The van der Waals surface area contributed by atoms with Crippen molar-refractivity contribution < 1.29 is 15.0 Å². The van der Waals surface area contributed by atoms with Gasteiger partial charge in [-0.15, -0.1) is 11.6 Å². The van der Waals surface area contributed by atoms with E-state index in [2.05, 4.69) is 0 Å². The van der Waals surface area contributed by atoms with Crippen LogP contribution in [0.2, 0.25) is 0 Å². The van der Waals surface area contributed by atoms with Crippen molar-refractivity contribution in [1.82, 2.24) is 0 Å². The largest absolute Gasteiger partial charge is 0.479 e. The third-order valence-electron chi connectivity index (χ3n) is 2.78. The average Bonchev–Trinajstić information content (AvgIpc) is 2.34. The molecule has 1 atom stereocenters. The molecule has 3 nitrogen and oxygen atoms in total. The molecule has 1 aromatic rings. The van der Waals surface area contributed by atoms with Gasteiger partial charge in [0.1, 0.15) is 0 Å². The summed E-state index contributed by atoms with van der Waals surface area (Å²) < 4.78 is 0.